The molecule has 0 fully saturated rings. The van der Waals surface area contributed by atoms with Gasteiger partial charge in [0.1, 0.15) is 11.4 Å². The third-order valence-corrected chi connectivity index (χ3v) is 1.33. The molecule has 7 nitrogen and oxygen atoms in total. The number of hydrogen-bond donors (Lipinski definition) is 4. The van der Waals surface area contributed by atoms with Crippen molar-refractivity contribution < 1.29 is 19.7 Å². The number of guanidine groups is 1. The van der Waals surface area contributed by atoms with E-state index in [9.17, 15) is 0 Å². The first-order valence-electron chi connectivity index (χ1n) is 4.12. The summed E-state index contributed by atoms with van der Waals surface area (Å²) in [5.41, 5.74) is 11.1. The van der Waals surface area contributed by atoms with Crippen molar-refractivity contribution >= 4 is 17.8 Å². The van der Waals surface area contributed by atoms with Gasteiger partial charge in [-0.25, -0.2) is 9.79 Å². The molecule has 0 saturated heterocycles. The molecule has 0 unspecified atom stereocenters. The van der Waals surface area contributed by atoms with Crippen molar-refractivity contribution in [3.8, 4) is 5.75 Å². The number of rotatable bonds is 2. The van der Waals surface area contributed by atoms with Gasteiger partial charge in [-0.05, 0) is 12.1 Å². The zero-order chi connectivity index (χ0) is 12.6. The maximum absolute atomic E-state index is 8.56. The third-order valence-electron chi connectivity index (χ3n) is 1.33. The Morgan fingerprint density at radius 3 is 2.25 bits per heavy atom. The highest BCUT2D eigenvalue weighted by molar-refractivity contribution is 5.80. The molecule has 1 rings (SSSR count). The molecule has 0 aliphatic heterocycles. The highest BCUT2D eigenvalue weighted by Crippen LogP contribution is 2.25. The molecule has 0 radical (unpaired) electrons. The van der Waals surface area contributed by atoms with E-state index >= 15 is 0 Å². The number of para-hydroxylation sites is 2. The number of nitrogens with two attached hydrogens (primary N) is 2. The molecule has 0 aliphatic carbocycles. The van der Waals surface area contributed by atoms with E-state index in [-0.39, 0.29) is 5.96 Å². The van der Waals surface area contributed by atoms with Crippen LogP contribution in [0, 0.1) is 0 Å². The van der Waals surface area contributed by atoms with Gasteiger partial charge in [-0.3, -0.25) is 0 Å². The monoisotopic (exact) mass is 227 g/mol. The summed E-state index contributed by atoms with van der Waals surface area (Å²) in [7, 11) is 1.57. The molecule has 16 heavy (non-hydrogen) atoms. The molecular formula is C9H13N3O4. The van der Waals surface area contributed by atoms with E-state index < -0.39 is 6.16 Å². The Balaban J connectivity index is 0.000000487. The lowest BCUT2D eigenvalue weighted by molar-refractivity contribution is 0.137. The lowest BCUT2D eigenvalue weighted by Gasteiger charge is -2.02. The minimum absolute atomic E-state index is 0.0273. The van der Waals surface area contributed by atoms with Crippen LogP contribution < -0.4 is 16.2 Å². The number of carboxylic acid groups (broad SMARTS) is 2. The summed E-state index contributed by atoms with van der Waals surface area (Å²) in [4.78, 5) is 12.4. The van der Waals surface area contributed by atoms with Crippen molar-refractivity contribution in [3.05, 3.63) is 24.3 Å². The molecule has 0 saturated carbocycles. The Morgan fingerprint density at radius 1 is 1.31 bits per heavy atom. The van der Waals surface area contributed by atoms with Crippen LogP contribution in [-0.4, -0.2) is 29.4 Å². The van der Waals surface area contributed by atoms with Crippen molar-refractivity contribution in [3.63, 3.8) is 0 Å². The predicted molar refractivity (Wildman–Crippen MR) is 59.1 cm³/mol. The second-order valence-corrected chi connectivity index (χ2v) is 2.49. The normalized spacial score (nSPS) is 8.31. The molecule has 7 heteroatoms. The highest BCUT2D eigenvalue weighted by atomic mass is 16.6. The first-order chi connectivity index (χ1) is 7.47. The molecule has 0 atom stereocenters. The van der Waals surface area contributed by atoms with Crippen molar-refractivity contribution in [1.29, 1.82) is 0 Å². The number of hydrogen-bond acceptors (Lipinski definition) is 3. The van der Waals surface area contributed by atoms with E-state index in [1.165, 1.54) is 0 Å². The summed E-state index contributed by atoms with van der Waals surface area (Å²) in [6.07, 6.45) is -1.83. The molecule has 0 aromatic heterocycles. The lowest BCUT2D eigenvalue weighted by atomic mass is 10.3. The van der Waals surface area contributed by atoms with Crippen LogP contribution in [0.3, 0.4) is 0 Å². The average molecular weight is 227 g/mol. The second kappa shape index (κ2) is 6.93. The minimum Gasteiger partial charge on any atom is -0.494 e. The van der Waals surface area contributed by atoms with Gasteiger partial charge in [0, 0.05) is 0 Å². The summed E-state index contributed by atoms with van der Waals surface area (Å²) in [5, 5.41) is 13.9. The molecule has 1 aromatic rings. The maximum atomic E-state index is 8.56. The van der Waals surface area contributed by atoms with E-state index in [1.807, 2.05) is 12.1 Å². The van der Waals surface area contributed by atoms with Crippen LogP contribution in [0.4, 0.5) is 10.5 Å². The maximum Gasteiger partial charge on any atom is 0.503 e. The van der Waals surface area contributed by atoms with Crippen LogP contribution in [0.25, 0.3) is 0 Å². The standard InChI is InChI=1S/C8H11N3O.CH2O3/c1-12-7-5-3-2-4-6(7)11-8(9)10;2-1(3)4/h2-5H,1H3,(H4,9,10,11);(H2,2,3,4). The van der Waals surface area contributed by atoms with Gasteiger partial charge in [-0.1, -0.05) is 12.1 Å². The fourth-order valence-corrected chi connectivity index (χ4v) is 0.861. The second-order valence-electron chi connectivity index (χ2n) is 2.49. The van der Waals surface area contributed by atoms with Crippen LogP contribution >= 0.6 is 0 Å². The Kier molecular flexibility index (Phi) is 5.88. The zero-order valence-electron chi connectivity index (χ0n) is 8.62. The molecule has 0 amide bonds. The van der Waals surface area contributed by atoms with Gasteiger partial charge in [-0.2, -0.15) is 0 Å². The number of carbonyl (C=O) groups is 1. The summed E-state index contributed by atoms with van der Waals surface area (Å²) in [6, 6.07) is 7.26. The van der Waals surface area contributed by atoms with E-state index in [2.05, 4.69) is 4.99 Å². The topological polar surface area (TPSA) is 131 Å². The quantitative estimate of drug-likeness (QED) is 0.437. The van der Waals surface area contributed by atoms with Gasteiger partial charge in [-0.15, -0.1) is 0 Å². The van der Waals surface area contributed by atoms with Gasteiger partial charge < -0.3 is 26.4 Å². The van der Waals surface area contributed by atoms with Crippen molar-refractivity contribution in [2.24, 2.45) is 16.5 Å². The third kappa shape index (κ3) is 6.08. The first-order valence-corrected chi connectivity index (χ1v) is 4.12. The highest BCUT2D eigenvalue weighted by Gasteiger charge is 1.98. The summed E-state index contributed by atoms with van der Waals surface area (Å²) < 4.78 is 5.03. The molecule has 6 N–H and O–H groups in total. The number of nitrogens with zero attached hydrogens (tertiary/aromatic N) is 1. The first kappa shape index (κ1) is 13.6. The van der Waals surface area contributed by atoms with E-state index in [4.69, 9.17) is 31.2 Å². The van der Waals surface area contributed by atoms with Crippen LogP contribution in [0.5, 0.6) is 5.75 Å². The van der Waals surface area contributed by atoms with Crippen LogP contribution in [-0.2, 0) is 0 Å². The molecule has 0 aliphatic rings. The number of methoxy groups -OCH3 is 1. The van der Waals surface area contributed by atoms with Crippen molar-refractivity contribution in [1.82, 2.24) is 0 Å². The Bertz CT molecular complexity index is 371. The SMILES string of the molecule is COc1ccccc1N=C(N)N.O=C(O)O. The molecule has 1 aromatic carbocycles. The summed E-state index contributed by atoms with van der Waals surface area (Å²) in [5.74, 6) is 0.686. The van der Waals surface area contributed by atoms with E-state index in [1.54, 1.807) is 19.2 Å². The number of ether oxygens (including phenoxy) is 1. The number of benzene rings is 1. The minimum atomic E-state index is -1.83. The summed E-state index contributed by atoms with van der Waals surface area (Å²) >= 11 is 0. The van der Waals surface area contributed by atoms with Crippen molar-refractivity contribution in [2.45, 2.75) is 0 Å². The average Bonchev–Trinajstić information content (AvgIpc) is 2.17. The molecule has 88 valence electrons. The van der Waals surface area contributed by atoms with Crippen molar-refractivity contribution in [2.75, 3.05) is 7.11 Å². The van der Waals surface area contributed by atoms with Gasteiger partial charge in [0.05, 0.1) is 7.11 Å². The van der Waals surface area contributed by atoms with Gasteiger partial charge in [0.15, 0.2) is 5.96 Å². The Morgan fingerprint density at radius 2 is 1.81 bits per heavy atom. The molecular weight excluding hydrogens is 214 g/mol. The zero-order valence-corrected chi connectivity index (χ0v) is 8.62. The van der Waals surface area contributed by atoms with E-state index in [0.717, 1.165) is 0 Å². The summed E-state index contributed by atoms with van der Waals surface area (Å²) in [6.45, 7) is 0. The number of aliphatic imine (C=N–C) groups is 1. The lowest BCUT2D eigenvalue weighted by Crippen LogP contribution is -2.21. The van der Waals surface area contributed by atoms with E-state index in [0.29, 0.717) is 11.4 Å². The fourth-order valence-electron chi connectivity index (χ4n) is 0.861. The Hall–Kier alpha value is -2.44. The fraction of sp³-hybridized carbons (Fsp3) is 0.111. The smallest absolute Gasteiger partial charge is 0.494 e. The van der Waals surface area contributed by atoms with Crippen LogP contribution in [0.2, 0.25) is 0 Å². The van der Waals surface area contributed by atoms with Gasteiger partial charge >= 0.3 is 6.16 Å². The Labute approximate surface area is 92.0 Å². The molecule has 0 bridgehead atoms. The molecule has 0 spiro atoms. The molecule has 0 heterocycles. The van der Waals surface area contributed by atoms with Gasteiger partial charge in [0.25, 0.3) is 0 Å². The van der Waals surface area contributed by atoms with Gasteiger partial charge in [0.2, 0.25) is 0 Å². The largest absolute Gasteiger partial charge is 0.503 e. The predicted octanol–water partition coefficient (Wildman–Crippen LogP) is 0.823. The van der Waals surface area contributed by atoms with Crippen LogP contribution in [0.15, 0.2) is 29.3 Å². The van der Waals surface area contributed by atoms with Crippen LogP contribution in [0.1, 0.15) is 0 Å².